The van der Waals surface area contributed by atoms with Crippen molar-refractivity contribution in [3.8, 4) is 22.3 Å². The first-order valence-electron chi connectivity index (χ1n) is 10.3. The van der Waals surface area contributed by atoms with E-state index in [4.69, 9.17) is 22.1 Å². The van der Waals surface area contributed by atoms with Crippen LogP contribution < -0.4 is 5.73 Å². The maximum absolute atomic E-state index is 14.6. The van der Waals surface area contributed by atoms with Gasteiger partial charge in [0, 0.05) is 34.8 Å². The molecule has 3 aromatic rings. The number of hydrogen-bond donors (Lipinski definition) is 1. The average molecular weight is 451 g/mol. The first kappa shape index (κ1) is 20.7. The number of benzene rings is 3. The van der Waals surface area contributed by atoms with Crippen molar-refractivity contribution in [2.24, 2.45) is 5.73 Å². The molecule has 162 valence electrons. The van der Waals surface area contributed by atoms with Crippen molar-refractivity contribution in [2.45, 2.75) is 6.42 Å². The first-order valence-corrected chi connectivity index (χ1v) is 10.7. The van der Waals surface area contributed by atoms with E-state index in [2.05, 4.69) is 0 Å². The molecule has 5 nitrogen and oxygen atoms in total. The number of fused-ring (bicyclic) bond motifs is 3. The second kappa shape index (κ2) is 8.04. The maximum Gasteiger partial charge on any atom is 0.254 e. The van der Waals surface area contributed by atoms with E-state index in [9.17, 15) is 14.0 Å². The quantitative estimate of drug-likeness (QED) is 0.506. The molecule has 5 rings (SSSR count). The highest BCUT2D eigenvalue weighted by atomic mass is 35.5. The molecule has 0 unspecified atom stereocenters. The van der Waals surface area contributed by atoms with Crippen LogP contribution in [0.5, 0.6) is 0 Å². The minimum atomic E-state index is -0.574. The molecule has 7 heteroatoms. The lowest BCUT2D eigenvalue weighted by Crippen LogP contribution is -2.40. The molecule has 1 aliphatic heterocycles. The molecule has 0 atom stereocenters. The molecule has 2 N–H and O–H groups in total. The largest absolute Gasteiger partial charge is 0.378 e. The van der Waals surface area contributed by atoms with Crippen LogP contribution in [0.25, 0.3) is 22.3 Å². The highest BCUT2D eigenvalue weighted by molar-refractivity contribution is 6.30. The normalized spacial score (nSPS) is 14.8. The Morgan fingerprint density at radius 3 is 2.44 bits per heavy atom. The van der Waals surface area contributed by atoms with Crippen molar-refractivity contribution < 1.29 is 18.7 Å². The maximum atomic E-state index is 14.6. The Hall–Kier alpha value is -3.22. The third-order valence-corrected chi connectivity index (χ3v) is 6.30. The van der Waals surface area contributed by atoms with Gasteiger partial charge in [0.25, 0.3) is 5.91 Å². The summed E-state index contributed by atoms with van der Waals surface area (Å²) in [5.41, 5.74) is 11.0. The van der Waals surface area contributed by atoms with Crippen LogP contribution in [-0.4, -0.2) is 43.0 Å². The molecule has 1 heterocycles. The van der Waals surface area contributed by atoms with Crippen molar-refractivity contribution in [1.29, 1.82) is 0 Å². The molecule has 3 aromatic carbocycles. The molecule has 0 radical (unpaired) electrons. The zero-order valence-corrected chi connectivity index (χ0v) is 17.9. The van der Waals surface area contributed by atoms with Gasteiger partial charge in [-0.15, -0.1) is 0 Å². The lowest BCUT2D eigenvalue weighted by atomic mass is 9.93. The highest BCUT2D eigenvalue weighted by Gasteiger charge is 2.27. The molecule has 1 saturated heterocycles. The topological polar surface area (TPSA) is 72.6 Å². The zero-order chi connectivity index (χ0) is 22.4. The van der Waals surface area contributed by atoms with Gasteiger partial charge in [0.2, 0.25) is 5.91 Å². The molecule has 0 spiro atoms. The Morgan fingerprint density at radius 2 is 1.72 bits per heavy atom. The van der Waals surface area contributed by atoms with Gasteiger partial charge in [-0.25, -0.2) is 4.39 Å². The van der Waals surface area contributed by atoms with E-state index in [1.54, 1.807) is 29.2 Å². The van der Waals surface area contributed by atoms with E-state index < -0.39 is 11.7 Å². The summed E-state index contributed by atoms with van der Waals surface area (Å²) in [7, 11) is 0. The molecule has 0 bridgehead atoms. The van der Waals surface area contributed by atoms with Crippen LogP contribution in [0, 0.1) is 5.82 Å². The van der Waals surface area contributed by atoms with Crippen LogP contribution in [0.3, 0.4) is 0 Å². The molecule has 0 saturated carbocycles. The number of amides is 2. The second-order valence-corrected chi connectivity index (χ2v) is 8.43. The van der Waals surface area contributed by atoms with Crippen LogP contribution in [-0.2, 0) is 11.2 Å². The van der Waals surface area contributed by atoms with Crippen LogP contribution in [0.1, 0.15) is 31.8 Å². The first-order chi connectivity index (χ1) is 15.4. The van der Waals surface area contributed by atoms with Gasteiger partial charge >= 0.3 is 0 Å². The van der Waals surface area contributed by atoms with E-state index in [1.165, 1.54) is 6.07 Å². The van der Waals surface area contributed by atoms with Crippen LogP contribution >= 0.6 is 11.6 Å². The van der Waals surface area contributed by atoms with E-state index in [-0.39, 0.29) is 5.91 Å². The highest BCUT2D eigenvalue weighted by Crippen LogP contribution is 2.42. The van der Waals surface area contributed by atoms with E-state index in [1.807, 2.05) is 18.2 Å². The van der Waals surface area contributed by atoms with Gasteiger partial charge < -0.3 is 15.4 Å². The summed E-state index contributed by atoms with van der Waals surface area (Å²) in [5.74, 6) is -1.08. The van der Waals surface area contributed by atoms with Crippen molar-refractivity contribution >= 4 is 23.4 Å². The second-order valence-electron chi connectivity index (χ2n) is 7.99. The number of rotatable bonds is 3. The molecule has 2 aliphatic rings. The number of nitrogens with two attached hydrogens (primary N) is 1. The molecule has 32 heavy (non-hydrogen) atoms. The van der Waals surface area contributed by atoms with Gasteiger partial charge in [-0.2, -0.15) is 0 Å². The Labute approximate surface area is 189 Å². The Bertz CT molecular complexity index is 1270. The number of carbonyl (C=O) groups is 2. The minimum Gasteiger partial charge on any atom is -0.378 e. The number of nitrogens with zero attached hydrogens (tertiary/aromatic N) is 1. The van der Waals surface area contributed by atoms with Crippen molar-refractivity contribution in [3.63, 3.8) is 0 Å². The van der Waals surface area contributed by atoms with Crippen LogP contribution in [0.15, 0.2) is 48.5 Å². The summed E-state index contributed by atoms with van der Waals surface area (Å²) in [5, 5.41) is 0.297. The van der Waals surface area contributed by atoms with Gasteiger partial charge in [-0.05, 0) is 76.7 Å². The summed E-state index contributed by atoms with van der Waals surface area (Å²) < 4.78 is 19.9. The van der Waals surface area contributed by atoms with Crippen molar-refractivity contribution in [2.75, 3.05) is 26.3 Å². The Morgan fingerprint density at radius 1 is 0.969 bits per heavy atom. The fourth-order valence-corrected chi connectivity index (χ4v) is 4.64. The minimum absolute atomic E-state index is 0.0360. The summed E-state index contributed by atoms with van der Waals surface area (Å²) >= 11 is 5.89. The fraction of sp³-hybridized carbons (Fsp3) is 0.200. The summed E-state index contributed by atoms with van der Waals surface area (Å²) in [6, 6.07) is 13.5. The fourth-order valence-electron chi connectivity index (χ4n) is 4.48. The number of carbonyl (C=O) groups excluding carboxylic acids is 2. The lowest BCUT2D eigenvalue weighted by molar-refractivity contribution is 0.0303. The number of ether oxygens (including phenoxy) is 1. The lowest BCUT2D eigenvalue weighted by Gasteiger charge is -2.27. The molecular weight excluding hydrogens is 431 g/mol. The van der Waals surface area contributed by atoms with Gasteiger partial charge in [-0.1, -0.05) is 17.7 Å². The zero-order valence-electron chi connectivity index (χ0n) is 17.2. The predicted octanol–water partition coefficient (Wildman–Crippen LogP) is 4.29. The van der Waals surface area contributed by atoms with E-state index in [0.29, 0.717) is 60.0 Å². The Balaban J connectivity index is 1.58. The van der Waals surface area contributed by atoms with Gasteiger partial charge in [0.1, 0.15) is 5.82 Å². The molecule has 1 fully saturated rings. The molecule has 0 aromatic heterocycles. The molecule has 2 amide bonds. The third-order valence-electron chi connectivity index (χ3n) is 6.07. The molecule has 1 aliphatic carbocycles. The van der Waals surface area contributed by atoms with Gasteiger partial charge in [-0.3, -0.25) is 9.59 Å². The monoisotopic (exact) mass is 450 g/mol. The van der Waals surface area contributed by atoms with Crippen molar-refractivity contribution in [1.82, 2.24) is 4.90 Å². The smallest absolute Gasteiger partial charge is 0.254 e. The summed E-state index contributed by atoms with van der Waals surface area (Å²) in [6.07, 6.45) is 0.483. The summed E-state index contributed by atoms with van der Waals surface area (Å²) in [6.45, 7) is 2.21. The average Bonchev–Trinajstić information content (AvgIpc) is 3.16. The van der Waals surface area contributed by atoms with Gasteiger partial charge in [0.05, 0.1) is 13.2 Å². The van der Waals surface area contributed by atoms with E-state index in [0.717, 1.165) is 22.3 Å². The number of primary amides is 1. The third kappa shape index (κ3) is 3.55. The van der Waals surface area contributed by atoms with E-state index >= 15 is 0 Å². The van der Waals surface area contributed by atoms with Crippen molar-refractivity contribution in [3.05, 3.63) is 81.6 Å². The van der Waals surface area contributed by atoms with Crippen LogP contribution in [0.4, 0.5) is 4.39 Å². The number of morpholine rings is 1. The summed E-state index contributed by atoms with van der Waals surface area (Å²) in [4.78, 5) is 26.9. The van der Waals surface area contributed by atoms with Crippen LogP contribution in [0.2, 0.25) is 5.02 Å². The molecular formula is C25H20ClFN2O3. The SMILES string of the molecule is NC(=O)c1cc(-c2ccc(Cl)cc2F)cc2c1Cc1cc(C(=O)N3CCOCC3)ccc1-2. The number of hydrogen-bond acceptors (Lipinski definition) is 3. The standard InChI is InChI=1S/C25H20ClFN2O3/c26-17-2-4-19(23(27)13-17)16-11-20-18-3-1-14(25(31)29-5-7-32-8-6-29)9-15(18)10-21(20)22(12-16)24(28)30/h1-4,9,11-13H,5-8,10H2,(H2,28,30). The predicted molar refractivity (Wildman–Crippen MR) is 120 cm³/mol. The number of halogens is 2. The van der Waals surface area contributed by atoms with Gasteiger partial charge in [0.15, 0.2) is 0 Å². The Kier molecular flexibility index (Phi) is 5.19.